The summed E-state index contributed by atoms with van der Waals surface area (Å²) < 4.78 is 214. The minimum Gasteiger partial charge on any atom is -0.477 e. The van der Waals surface area contributed by atoms with Crippen molar-refractivity contribution in [1.29, 1.82) is 0 Å². The third-order valence-corrected chi connectivity index (χ3v) is 2.99. The van der Waals surface area contributed by atoms with Crippen LogP contribution in [0.3, 0.4) is 0 Å². The first kappa shape index (κ1) is 26.3. The highest BCUT2D eigenvalue weighted by atomic mass is 19.4. The first-order chi connectivity index (χ1) is 11.7. The van der Waals surface area contributed by atoms with Gasteiger partial charge in [0.05, 0.1) is 0 Å². The summed E-state index contributed by atoms with van der Waals surface area (Å²) in [5, 5.41) is 7.59. The third-order valence-electron chi connectivity index (χ3n) is 2.99. The molecule has 0 amide bonds. The number of alkyl halides is 17. The second kappa shape index (κ2) is 6.14. The Morgan fingerprint density at radius 1 is 0.429 bits per heavy atom. The van der Waals surface area contributed by atoms with Crippen molar-refractivity contribution >= 4 is 5.97 Å². The normalized spacial score (nSPS) is 16.3. The molecule has 0 atom stereocenters. The van der Waals surface area contributed by atoms with Crippen molar-refractivity contribution in [2.75, 3.05) is 0 Å². The maximum absolute atomic E-state index is 13.0. The van der Waals surface area contributed by atoms with Gasteiger partial charge >= 0.3 is 53.6 Å². The van der Waals surface area contributed by atoms with E-state index in [1.54, 1.807) is 0 Å². The molecule has 0 fully saturated rings. The lowest BCUT2D eigenvalue weighted by molar-refractivity contribution is -0.459. The fourth-order valence-corrected chi connectivity index (χ4v) is 1.30. The average molecular weight is 467 g/mol. The molecule has 0 saturated heterocycles. The molecular formula is C9HF17O2. The Hall–Kier alpha value is -1.72. The number of hydrogen-bond acceptors (Lipinski definition) is 1. The van der Waals surface area contributed by atoms with E-state index in [9.17, 15) is 79.4 Å². The molecule has 28 heavy (non-hydrogen) atoms. The molecule has 0 aliphatic carbocycles. The van der Waals surface area contributed by atoms with Crippen LogP contribution < -0.4 is 0 Å². The van der Waals surface area contributed by atoms with Gasteiger partial charge in [-0.1, -0.05) is 0 Å². The van der Waals surface area contributed by atoms with Crippen LogP contribution in [0.1, 0.15) is 0 Å². The second-order valence-corrected chi connectivity index (χ2v) is 4.82. The monoisotopic (exact) mass is 467 g/mol. The van der Waals surface area contributed by atoms with Gasteiger partial charge in [-0.2, -0.15) is 74.6 Å². The van der Waals surface area contributed by atoms with Crippen molar-refractivity contribution in [3.63, 3.8) is 0 Å². The van der Waals surface area contributed by atoms with Crippen molar-refractivity contribution < 1.29 is 84.5 Å². The van der Waals surface area contributed by atoms with E-state index in [2.05, 4.69) is 0 Å². The van der Waals surface area contributed by atoms with Crippen LogP contribution in [0.2, 0.25) is 0 Å². The third kappa shape index (κ3) is 2.91. The number of halogens is 17. The predicted octanol–water partition coefficient (Wildman–Crippen LogP) is 5.08. The zero-order valence-corrected chi connectivity index (χ0v) is 11.8. The smallest absolute Gasteiger partial charge is 0.460 e. The predicted molar refractivity (Wildman–Crippen MR) is 48.3 cm³/mol. The number of carboxylic acids is 1. The number of hydrogen-bond donors (Lipinski definition) is 1. The van der Waals surface area contributed by atoms with E-state index in [1.165, 1.54) is 0 Å². The molecule has 1 N–H and O–H groups in total. The Labute approximate surface area is 139 Å². The van der Waals surface area contributed by atoms with Crippen LogP contribution in [-0.4, -0.2) is 58.7 Å². The molecule has 0 radical (unpaired) electrons. The summed E-state index contributed by atoms with van der Waals surface area (Å²) in [4.78, 5) is 9.77. The van der Waals surface area contributed by atoms with E-state index in [1.807, 2.05) is 0 Å². The summed E-state index contributed by atoms with van der Waals surface area (Å²) in [5.74, 6) is -62.9. The highest BCUT2D eigenvalue weighted by Crippen LogP contribution is 2.63. The highest BCUT2D eigenvalue weighted by molar-refractivity contribution is 5.77. The summed E-state index contributed by atoms with van der Waals surface area (Å²) in [5.41, 5.74) is 0. The maximum atomic E-state index is 13.0. The number of carbonyl (C=O) groups is 1. The maximum Gasteiger partial charge on any atom is 0.460 e. The summed E-state index contributed by atoms with van der Waals surface area (Å²) in [6.07, 6.45) is -7.83. The molecule has 2 nitrogen and oxygen atoms in total. The Morgan fingerprint density at radius 2 is 0.643 bits per heavy atom. The molecule has 0 unspecified atom stereocenters. The Morgan fingerprint density at radius 3 is 0.857 bits per heavy atom. The molecular weight excluding hydrogens is 466 g/mol. The van der Waals surface area contributed by atoms with Gasteiger partial charge < -0.3 is 5.11 Å². The Balaban J connectivity index is 6.76. The molecule has 0 heterocycles. The molecule has 0 aliphatic heterocycles. The van der Waals surface area contributed by atoms with Crippen molar-refractivity contribution in [2.45, 2.75) is 47.6 Å². The average Bonchev–Trinajstić information content (AvgIpc) is 2.44. The van der Waals surface area contributed by atoms with Crippen LogP contribution in [0.5, 0.6) is 0 Å². The van der Waals surface area contributed by atoms with E-state index < -0.39 is 53.6 Å². The van der Waals surface area contributed by atoms with Gasteiger partial charge in [0.2, 0.25) is 0 Å². The fourth-order valence-electron chi connectivity index (χ4n) is 1.30. The molecule has 0 aliphatic rings. The van der Waals surface area contributed by atoms with Crippen LogP contribution in [0.25, 0.3) is 0 Å². The van der Waals surface area contributed by atoms with Gasteiger partial charge in [0.1, 0.15) is 0 Å². The molecule has 0 spiro atoms. The molecule has 19 heteroatoms. The zero-order valence-electron chi connectivity index (χ0n) is 11.8. The lowest BCUT2D eigenvalue weighted by Crippen LogP contribution is -2.75. The SMILES string of the molecule is O=[13C](O)[13C](F)(F)[13C](F)(F)C(F)(F)C(F)(F)C(F)(F)C(F)(F)C(F)(F)C(F)(F)F. The molecule has 0 aromatic carbocycles. The van der Waals surface area contributed by atoms with Gasteiger partial charge in [0.15, 0.2) is 0 Å². The topological polar surface area (TPSA) is 37.3 Å². The summed E-state index contributed by atoms with van der Waals surface area (Å²) in [6.45, 7) is 0. The number of rotatable bonds is 7. The van der Waals surface area contributed by atoms with Gasteiger partial charge in [-0.3, -0.25) is 0 Å². The quantitative estimate of drug-likeness (QED) is 0.419. The zero-order chi connectivity index (χ0) is 23.6. The van der Waals surface area contributed by atoms with Crippen LogP contribution in [0.15, 0.2) is 0 Å². The van der Waals surface area contributed by atoms with Crippen LogP contribution in [0.4, 0.5) is 74.6 Å². The largest absolute Gasteiger partial charge is 0.477 e. The molecule has 168 valence electrons. The molecule has 0 aromatic rings. The van der Waals surface area contributed by atoms with E-state index in [0.717, 1.165) is 0 Å². The van der Waals surface area contributed by atoms with Crippen LogP contribution in [-0.2, 0) is 4.79 Å². The molecule has 0 aromatic heterocycles. The molecule has 0 rings (SSSR count). The van der Waals surface area contributed by atoms with E-state index in [-0.39, 0.29) is 0 Å². The van der Waals surface area contributed by atoms with E-state index >= 15 is 0 Å². The molecule has 0 bridgehead atoms. The molecule has 0 saturated carbocycles. The van der Waals surface area contributed by atoms with Crippen molar-refractivity contribution in [3.8, 4) is 0 Å². The van der Waals surface area contributed by atoms with Gasteiger partial charge in [-0.25, -0.2) is 4.79 Å². The lowest BCUT2D eigenvalue weighted by atomic mass is 9.95. The number of aliphatic carboxylic acids is 1. The van der Waals surface area contributed by atoms with Crippen LogP contribution >= 0.6 is 0 Å². The van der Waals surface area contributed by atoms with Crippen molar-refractivity contribution in [3.05, 3.63) is 0 Å². The Kier molecular flexibility index (Phi) is 5.76. The van der Waals surface area contributed by atoms with Crippen molar-refractivity contribution in [1.82, 2.24) is 0 Å². The van der Waals surface area contributed by atoms with Gasteiger partial charge in [-0.05, 0) is 0 Å². The fraction of sp³-hybridized carbons (Fsp3) is 0.889. The van der Waals surface area contributed by atoms with Gasteiger partial charge in [-0.15, -0.1) is 0 Å². The minimum atomic E-state index is -8.76. The van der Waals surface area contributed by atoms with E-state index in [0.29, 0.717) is 0 Å². The van der Waals surface area contributed by atoms with Gasteiger partial charge in [0, 0.05) is 0 Å². The lowest BCUT2D eigenvalue weighted by Gasteiger charge is -2.42. The summed E-state index contributed by atoms with van der Waals surface area (Å²) in [6, 6.07) is 0. The second-order valence-electron chi connectivity index (χ2n) is 4.82. The van der Waals surface area contributed by atoms with Crippen LogP contribution in [0, 0.1) is 0 Å². The van der Waals surface area contributed by atoms with Gasteiger partial charge in [0.25, 0.3) is 0 Å². The minimum absolute atomic E-state index is 4.39. The Bertz CT molecular complexity index is 615. The number of carboxylic acid groups (broad SMARTS) is 1. The first-order valence-corrected chi connectivity index (χ1v) is 5.64. The standard InChI is InChI=1S/C9HF17O2/c10-2(11,1(27)28)3(12,13)4(14,15)5(16,17)6(18,19)7(20,21)8(22,23)9(24,25)26/h(H,27,28)/i1+1,2+1,3+1. The van der Waals surface area contributed by atoms with Crippen molar-refractivity contribution in [2.24, 2.45) is 0 Å². The summed E-state index contributed by atoms with van der Waals surface area (Å²) >= 11 is 0. The first-order valence-electron chi connectivity index (χ1n) is 5.64. The highest BCUT2D eigenvalue weighted by Gasteiger charge is 2.95. The summed E-state index contributed by atoms with van der Waals surface area (Å²) in [7, 11) is 0. The van der Waals surface area contributed by atoms with E-state index in [4.69, 9.17) is 5.11 Å².